The van der Waals surface area contributed by atoms with Crippen molar-refractivity contribution in [1.82, 2.24) is 0 Å². The molecule has 0 saturated heterocycles. The van der Waals surface area contributed by atoms with Gasteiger partial charge in [0.1, 0.15) is 0 Å². The number of aliphatic hydroxyl groups is 1. The summed E-state index contributed by atoms with van der Waals surface area (Å²) in [6.07, 6.45) is 14.3. The van der Waals surface area contributed by atoms with Gasteiger partial charge >= 0.3 is 0 Å². The molecule has 0 aliphatic heterocycles. The van der Waals surface area contributed by atoms with Gasteiger partial charge in [-0.1, -0.05) is 55.1 Å². The number of benzene rings is 1. The molecule has 0 unspecified atom stereocenters. The van der Waals surface area contributed by atoms with E-state index in [0.29, 0.717) is 11.8 Å². The fourth-order valence-corrected chi connectivity index (χ4v) is 5.97. The smallest absolute Gasteiger partial charge is 0.0958 e. The lowest BCUT2D eigenvalue weighted by atomic mass is 9.48. The highest BCUT2D eigenvalue weighted by Crippen LogP contribution is 2.62. The normalized spacial score (nSPS) is 38.0. The molecule has 1 heteroatoms. The second kappa shape index (κ2) is 6.04. The van der Waals surface area contributed by atoms with Gasteiger partial charge in [0.15, 0.2) is 0 Å². The first-order valence-electron chi connectivity index (χ1n) is 9.44. The molecule has 4 bridgehead atoms. The van der Waals surface area contributed by atoms with E-state index in [9.17, 15) is 5.11 Å². The monoisotopic (exact) mass is 320 g/mol. The Hall–Kier alpha value is -1.60. The zero-order chi connectivity index (χ0) is 16.7. The molecule has 1 aromatic carbocycles. The molecule has 1 N–H and O–H groups in total. The van der Waals surface area contributed by atoms with Crippen molar-refractivity contribution in [1.29, 1.82) is 0 Å². The standard InChI is InChI=1S/C23H28O/c1-3-7-18(8-4-2)21-9-5-6-10-22(21)23(24)19-12-16-11-17(14-19)15-20(23)13-16/h3-10,16-17,19-20,24H,1,11-15H2,2H3/b8-4-,18-7+. The van der Waals surface area contributed by atoms with Crippen LogP contribution in [0.3, 0.4) is 0 Å². The molecule has 4 aliphatic rings. The van der Waals surface area contributed by atoms with Crippen molar-refractivity contribution >= 4 is 5.57 Å². The molecule has 24 heavy (non-hydrogen) atoms. The Balaban J connectivity index is 1.82. The fourth-order valence-electron chi connectivity index (χ4n) is 5.97. The van der Waals surface area contributed by atoms with Crippen LogP contribution >= 0.6 is 0 Å². The van der Waals surface area contributed by atoms with E-state index in [1.165, 1.54) is 37.7 Å². The first kappa shape index (κ1) is 15.9. The molecular formula is C23H28O. The summed E-state index contributed by atoms with van der Waals surface area (Å²) >= 11 is 0. The minimum absolute atomic E-state index is 0.436. The summed E-state index contributed by atoms with van der Waals surface area (Å²) in [5, 5.41) is 11.9. The Morgan fingerprint density at radius 1 is 1.08 bits per heavy atom. The summed E-state index contributed by atoms with van der Waals surface area (Å²) in [6, 6.07) is 8.49. The van der Waals surface area contributed by atoms with E-state index in [1.54, 1.807) is 0 Å². The molecule has 0 radical (unpaired) electrons. The topological polar surface area (TPSA) is 20.2 Å². The van der Waals surface area contributed by atoms with Crippen molar-refractivity contribution < 1.29 is 5.11 Å². The van der Waals surface area contributed by atoms with E-state index < -0.39 is 5.60 Å². The number of allylic oxidation sites excluding steroid dienone is 5. The number of hydrogen-bond donors (Lipinski definition) is 1. The van der Waals surface area contributed by atoms with Gasteiger partial charge in [0.2, 0.25) is 0 Å². The Labute approximate surface area is 145 Å². The Morgan fingerprint density at radius 2 is 1.71 bits per heavy atom. The van der Waals surface area contributed by atoms with Crippen LogP contribution in [-0.2, 0) is 5.60 Å². The summed E-state index contributed by atoms with van der Waals surface area (Å²) < 4.78 is 0. The first-order chi connectivity index (χ1) is 11.7. The predicted octanol–water partition coefficient (Wildman–Crippen LogP) is 5.48. The summed E-state index contributed by atoms with van der Waals surface area (Å²) in [4.78, 5) is 0. The van der Waals surface area contributed by atoms with Crippen molar-refractivity contribution in [3.05, 3.63) is 66.3 Å². The number of hydrogen-bond acceptors (Lipinski definition) is 1. The van der Waals surface area contributed by atoms with Gasteiger partial charge in [-0.25, -0.2) is 0 Å². The van der Waals surface area contributed by atoms with Crippen LogP contribution in [-0.4, -0.2) is 5.11 Å². The molecule has 0 heterocycles. The molecule has 4 fully saturated rings. The van der Waals surface area contributed by atoms with E-state index in [-0.39, 0.29) is 0 Å². The van der Waals surface area contributed by atoms with Gasteiger partial charge in [0, 0.05) is 0 Å². The molecule has 0 atom stereocenters. The lowest BCUT2D eigenvalue weighted by molar-refractivity contribution is -0.179. The maximum Gasteiger partial charge on any atom is 0.0958 e. The predicted molar refractivity (Wildman–Crippen MR) is 100 cm³/mol. The molecular weight excluding hydrogens is 292 g/mol. The van der Waals surface area contributed by atoms with Gasteiger partial charge in [0.25, 0.3) is 0 Å². The van der Waals surface area contributed by atoms with Crippen LogP contribution < -0.4 is 0 Å². The van der Waals surface area contributed by atoms with Gasteiger partial charge in [-0.15, -0.1) is 0 Å². The molecule has 4 aliphatic carbocycles. The van der Waals surface area contributed by atoms with E-state index >= 15 is 0 Å². The van der Waals surface area contributed by atoms with Crippen molar-refractivity contribution in [2.45, 2.75) is 44.6 Å². The van der Waals surface area contributed by atoms with Gasteiger partial charge in [-0.3, -0.25) is 0 Å². The van der Waals surface area contributed by atoms with Gasteiger partial charge < -0.3 is 5.11 Å². The number of rotatable bonds is 4. The summed E-state index contributed by atoms with van der Waals surface area (Å²) in [5.74, 6) is 2.59. The molecule has 1 nitrogen and oxygen atoms in total. The highest BCUT2D eigenvalue weighted by molar-refractivity contribution is 5.77. The lowest BCUT2D eigenvalue weighted by Gasteiger charge is -2.59. The minimum Gasteiger partial charge on any atom is -0.385 e. The fraction of sp³-hybridized carbons (Fsp3) is 0.478. The third kappa shape index (κ3) is 2.33. The molecule has 0 aromatic heterocycles. The molecule has 1 aromatic rings. The summed E-state index contributed by atoms with van der Waals surface area (Å²) in [5.41, 5.74) is 2.81. The Kier molecular flexibility index (Phi) is 4.00. The van der Waals surface area contributed by atoms with E-state index in [0.717, 1.165) is 23.0 Å². The summed E-state index contributed by atoms with van der Waals surface area (Å²) in [7, 11) is 0. The van der Waals surface area contributed by atoms with Crippen LogP contribution in [0.2, 0.25) is 0 Å². The van der Waals surface area contributed by atoms with Gasteiger partial charge in [-0.2, -0.15) is 0 Å². The van der Waals surface area contributed by atoms with E-state index in [2.05, 4.69) is 49.1 Å². The molecule has 126 valence electrons. The third-order valence-corrected chi connectivity index (χ3v) is 6.70. The maximum atomic E-state index is 11.9. The lowest BCUT2D eigenvalue weighted by Crippen LogP contribution is -2.55. The van der Waals surface area contributed by atoms with Crippen molar-refractivity contribution in [2.24, 2.45) is 23.7 Å². The zero-order valence-electron chi connectivity index (χ0n) is 14.6. The molecule has 4 saturated carbocycles. The van der Waals surface area contributed by atoms with Crippen LogP contribution in [0.5, 0.6) is 0 Å². The first-order valence-corrected chi connectivity index (χ1v) is 9.44. The van der Waals surface area contributed by atoms with Crippen molar-refractivity contribution in [3.8, 4) is 0 Å². The van der Waals surface area contributed by atoms with Crippen molar-refractivity contribution in [2.75, 3.05) is 0 Å². The highest BCUT2D eigenvalue weighted by atomic mass is 16.3. The molecule has 5 rings (SSSR count). The Morgan fingerprint density at radius 3 is 2.29 bits per heavy atom. The minimum atomic E-state index is -0.647. The van der Waals surface area contributed by atoms with Gasteiger partial charge in [0.05, 0.1) is 5.60 Å². The molecule has 0 amide bonds. The quantitative estimate of drug-likeness (QED) is 0.729. The van der Waals surface area contributed by atoms with E-state index in [1.807, 2.05) is 13.0 Å². The summed E-state index contributed by atoms with van der Waals surface area (Å²) in [6.45, 7) is 5.91. The van der Waals surface area contributed by atoms with Crippen molar-refractivity contribution in [3.63, 3.8) is 0 Å². The van der Waals surface area contributed by atoms with E-state index in [4.69, 9.17) is 0 Å². The van der Waals surface area contributed by atoms with Crippen LogP contribution in [0.15, 0.2) is 55.1 Å². The third-order valence-electron chi connectivity index (χ3n) is 6.70. The molecule has 0 spiro atoms. The van der Waals surface area contributed by atoms with Crippen LogP contribution in [0.4, 0.5) is 0 Å². The van der Waals surface area contributed by atoms with Gasteiger partial charge in [-0.05, 0) is 79.4 Å². The second-order valence-electron chi connectivity index (χ2n) is 8.03. The highest BCUT2D eigenvalue weighted by Gasteiger charge is 2.57. The second-order valence-corrected chi connectivity index (χ2v) is 8.03. The zero-order valence-corrected chi connectivity index (χ0v) is 14.6. The largest absolute Gasteiger partial charge is 0.385 e. The Bertz CT molecular complexity index is 666. The van der Waals surface area contributed by atoms with Crippen LogP contribution in [0, 0.1) is 23.7 Å². The van der Waals surface area contributed by atoms with Crippen LogP contribution in [0.1, 0.15) is 50.2 Å². The average molecular weight is 320 g/mol. The maximum absolute atomic E-state index is 11.9. The SMILES string of the molecule is C=C/C=C(\C=C/C)c1ccccc1C1(O)C2CC3CC(C2)CC1C3. The average Bonchev–Trinajstić information content (AvgIpc) is 2.59. The van der Waals surface area contributed by atoms with Crippen LogP contribution in [0.25, 0.3) is 5.57 Å².